The fraction of sp³-hybridized carbons (Fsp3) is 0.692. The van der Waals surface area contributed by atoms with Gasteiger partial charge in [0, 0.05) is 10.9 Å². The highest BCUT2D eigenvalue weighted by Gasteiger charge is 2.26. The van der Waals surface area contributed by atoms with Gasteiger partial charge in [0.1, 0.15) is 0 Å². The van der Waals surface area contributed by atoms with Gasteiger partial charge in [0.05, 0.1) is 5.75 Å². The molecule has 0 aromatic carbocycles. The first-order chi connectivity index (χ1) is 9.06. The Hall–Kier alpha value is -0.430. The minimum Gasteiger partial charge on any atom is -0.309 e. The van der Waals surface area contributed by atoms with E-state index in [1.54, 1.807) is 11.3 Å². The van der Waals surface area contributed by atoms with Crippen molar-refractivity contribution < 1.29 is 8.42 Å². The summed E-state index contributed by atoms with van der Waals surface area (Å²) < 4.78 is 21.8. The van der Waals surface area contributed by atoms with Crippen LogP contribution in [-0.2, 0) is 10.0 Å². The van der Waals surface area contributed by atoms with Gasteiger partial charge < -0.3 is 5.32 Å². The third kappa shape index (κ3) is 4.87. The molecule has 4 nitrogen and oxygen atoms in total. The highest BCUT2D eigenvalue weighted by molar-refractivity contribution is 7.89. The van der Waals surface area contributed by atoms with Crippen LogP contribution in [0.25, 0.3) is 0 Å². The average molecular weight is 302 g/mol. The normalized spacial score (nSPS) is 18.8. The fourth-order valence-electron chi connectivity index (χ4n) is 2.79. The molecule has 1 aromatic heterocycles. The molecule has 1 aliphatic carbocycles. The second-order valence-corrected chi connectivity index (χ2v) is 7.93. The van der Waals surface area contributed by atoms with Crippen molar-refractivity contribution in [1.29, 1.82) is 0 Å². The van der Waals surface area contributed by atoms with Gasteiger partial charge in [-0.2, -0.15) is 0 Å². The lowest BCUT2D eigenvalue weighted by Crippen LogP contribution is -2.29. The van der Waals surface area contributed by atoms with E-state index in [1.165, 1.54) is 30.6 Å². The maximum absolute atomic E-state index is 10.9. The van der Waals surface area contributed by atoms with Crippen LogP contribution in [0.2, 0.25) is 0 Å². The first-order valence-electron chi connectivity index (χ1n) is 6.83. The summed E-state index contributed by atoms with van der Waals surface area (Å²) in [4.78, 5) is 1.36. The first-order valence-corrected chi connectivity index (χ1v) is 9.43. The average Bonchev–Trinajstić information content (AvgIpc) is 3.00. The molecule has 0 spiro atoms. The standard InChI is InChI=1S/C13H22N2O2S2/c14-19(16,17)10-4-8-15-13(11-5-1-2-6-11)12-7-3-9-18-12/h3,7,9,11,13,15H,1-2,4-6,8,10H2,(H2,14,16,17). The molecule has 0 radical (unpaired) electrons. The summed E-state index contributed by atoms with van der Waals surface area (Å²) in [5.74, 6) is 0.745. The molecule has 1 heterocycles. The van der Waals surface area contributed by atoms with E-state index in [0.717, 1.165) is 0 Å². The van der Waals surface area contributed by atoms with E-state index in [1.807, 2.05) is 0 Å². The van der Waals surface area contributed by atoms with Gasteiger partial charge in [0.15, 0.2) is 0 Å². The van der Waals surface area contributed by atoms with Crippen molar-refractivity contribution in [3.05, 3.63) is 22.4 Å². The molecular weight excluding hydrogens is 280 g/mol. The Labute approximate surface area is 119 Å². The molecule has 108 valence electrons. The van der Waals surface area contributed by atoms with E-state index < -0.39 is 10.0 Å². The van der Waals surface area contributed by atoms with Crippen LogP contribution in [0, 0.1) is 5.92 Å². The molecule has 1 unspecified atom stereocenters. The zero-order chi connectivity index (χ0) is 13.7. The lowest BCUT2D eigenvalue weighted by atomic mass is 9.96. The zero-order valence-corrected chi connectivity index (χ0v) is 12.7. The van der Waals surface area contributed by atoms with E-state index >= 15 is 0 Å². The number of thiophene rings is 1. The highest BCUT2D eigenvalue weighted by Crippen LogP contribution is 2.37. The predicted molar refractivity (Wildman–Crippen MR) is 79.6 cm³/mol. The number of nitrogens with two attached hydrogens (primary N) is 1. The van der Waals surface area contributed by atoms with Gasteiger partial charge in [-0.15, -0.1) is 11.3 Å². The second kappa shape index (κ2) is 6.83. The third-order valence-electron chi connectivity index (χ3n) is 3.69. The summed E-state index contributed by atoms with van der Waals surface area (Å²) in [6.45, 7) is 0.704. The van der Waals surface area contributed by atoms with E-state index in [-0.39, 0.29) is 5.75 Å². The van der Waals surface area contributed by atoms with Crippen LogP contribution in [-0.4, -0.2) is 20.7 Å². The maximum Gasteiger partial charge on any atom is 0.209 e. The van der Waals surface area contributed by atoms with Gasteiger partial charge in [-0.25, -0.2) is 13.6 Å². The molecule has 3 N–H and O–H groups in total. The Balaban J connectivity index is 1.87. The van der Waals surface area contributed by atoms with Gasteiger partial charge in [-0.1, -0.05) is 18.9 Å². The number of sulfonamides is 1. The Morgan fingerprint density at radius 2 is 2.16 bits per heavy atom. The molecule has 1 aliphatic rings. The van der Waals surface area contributed by atoms with Crippen molar-refractivity contribution in [2.45, 2.75) is 38.1 Å². The van der Waals surface area contributed by atoms with Crippen molar-refractivity contribution >= 4 is 21.4 Å². The molecule has 0 bridgehead atoms. The number of primary sulfonamides is 1. The molecule has 0 aliphatic heterocycles. The summed E-state index contributed by atoms with van der Waals surface area (Å²) in [6, 6.07) is 4.62. The van der Waals surface area contributed by atoms with E-state index in [4.69, 9.17) is 5.14 Å². The summed E-state index contributed by atoms with van der Waals surface area (Å²) in [7, 11) is -3.33. The van der Waals surface area contributed by atoms with Crippen LogP contribution in [0.15, 0.2) is 17.5 Å². The molecule has 0 amide bonds. The van der Waals surface area contributed by atoms with Crippen molar-refractivity contribution in [2.75, 3.05) is 12.3 Å². The van der Waals surface area contributed by atoms with Gasteiger partial charge in [-0.05, 0) is 43.2 Å². The Morgan fingerprint density at radius 3 is 2.74 bits per heavy atom. The Morgan fingerprint density at radius 1 is 1.42 bits per heavy atom. The molecule has 1 atom stereocenters. The lowest BCUT2D eigenvalue weighted by molar-refractivity contribution is 0.373. The zero-order valence-electron chi connectivity index (χ0n) is 11.0. The smallest absolute Gasteiger partial charge is 0.209 e. The highest BCUT2D eigenvalue weighted by atomic mass is 32.2. The predicted octanol–water partition coefficient (Wildman–Crippen LogP) is 2.25. The summed E-state index contributed by atoms with van der Waals surface area (Å²) >= 11 is 1.78. The van der Waals surface area contributed by atoms with Gasteiger partial charge >= 0.3 is 0 Å². The molecular formula is C13H22N2O2S2. The quantitative estimate of drug-likeness (QED) is 0.759. The summed E-state index contributed by atoms with van der Waals surface area (Å²) in [5, 5.41) is 10.6. The third-order valence-corrected chi connectivity index (χ3v) is 5.50. The molecule has 2 rings (SSSR count). The number of hydrogen-bond donors (Lipinski definition) is 2. The van der Waals surface area contributed by atoms with Gasteiger partial charge in [0.25, 0.3) is 0 Å². The first kappa shape index (κ1) is 15.0. The van der Waals surface area contributed by atoms with Crippen molar-refractivity contribution in [2.24, 2.45) is 11.1 Å². The van der Waals surface area contributed by atoms with Crippen LogP contribution < -0.4 is 10.5 Å². The van der Waals surface area contributed by atoms with Crippen LogP contribution >= 0.6 is 11.3 Å². The molecule has 1 saturated carbocycles. The minimum absolute atomic E-state index is 0.0574. The van der Waals surface area contributed by atoms with Crippen LogP contribution in [0.4, 0.5) is 0 Å². The van der Waals surface area contributed by atoms with Crippen LogP contribution in [0.5, 0.6) is 0 Å². The molecule has 0 saturated heterocycles. The second-order valence-electron chi connectivity index (χ2n) is 5.21. The monoisotopic (exact) mass is 302 g/mol. The molecule has 6 heteroatoms. The van der Waals surface area contributed by atoms with Crippen molar-refractivity contribution in [3.63, 3.8) is 0 Å². The number of hydrogen-bond acceptors (Lipinski definition) is 4. The summed E-state index contributed by atoms with van der Waals surface area (Å²) in [5.41, 5.74) is 0. The van der Waals surface area contributed by atoms with Crippen LogP contribution in [0.1, 0.15) is 43.0 Å². The Kier molecular flexibility index (Phi) is 5.38. The van der Waals surface area contributed by atoms with Gasteiger partial charge in [0.2, 0.25) is 10.0 Å². The van der Waals surface area contributed by atoms with Crippen molar-refractivity contribution in [1.82, 2.24) is 5.32 Å². The molecule has 1 aromatic rings. The van der Waals surface area contributed by atoms with E-state index in [0.29, 0.717) is 24.9 Å². The minimum atomic E-state index is -3.33. The van der Waals surface area contributed by atoms with Crippen molar-refractivity contribution in [3.8, 4) is 0 Å². The van der Waals surface area contributed by atoms with E-state index in [2.05, 4.69) is 22.8 Å². The maximum atomic E-state index is 10.9. The van der Waals surface area contributed by atoms with Crippen LogP contribution in [0.3, 0.4) is 0 Å². The lowest BCUT2D eigenvalue weighted by Gasteiger charge is -2.23. The largest absolute Gasteiger partial charge is 0.309 e. The molecule has 19 heavy (non-hydrogen) atoms. The molecule has 1 fully saturated rings. The summed E-state index contributed by atoms with van der Waals surface area (Å²) in [6.07, 6.45) is 5.74. The SMILES string of the molecule is NS(=O)(=O)CCCNC(c1cccs1)C1CCCC1. The number of nitrogens with one attached hydrogen (secondary N) is 1. The van der Waals surface area contributed by atoms with Gasteiger partial charge in [-0.3, -0.25) is 0 Å². The van der Waals surface area contributed by atoms with E-state index in [9.17, 15) is 8.42 Å². The fourth-order valence-corrected chi connectivity index (χ4v) is 4.23. The number of rotatable bonds is 7. The topological polar surface area (TPSA) is 72.2 Å². The Bertz CT molecular complexity index is 465.